The smallest absolute Gasteiger partial charge is 0.309 e. The molecule has 0 spiro atoms. The van der Waals surface area contributed by atoms with Crippen LogP contribution in [0.4, 0.5) is 0 Å². The average Bonchev–Trinajstić information content (AvgIpc) is 2.72. The van der Waals surface area contributed by atoms with Crippen molar-refractivity contribution in [1.29, 1.82) is 0 Å². The van der Waals surface area contributed by atoms with E-state index in [1.54, 1.807) is 0 Å². The fourth-order valence-corrected chi connectivity index (χ4v) is 4.61. The summed E-state index contributed by atoms with van der Waals surface area (Å²) in [6.07, 6.45) is 0.172. The van der Waals surface area contributed by atoms with E-state index in [-0.39, 0.29) is 36.0 Å². The second-order valence-electron chi connectivity index (χ2n) is 9.64. The number of esters is 1. The summed E-state index contributed by atoms with van der Waals surface area (Å²) >= 11 is 0. The average molecular weight is 458 g/mol. The molecule has 2 rings (SSSR count). The molecule has 0 aromatic heterocycles. The summed E-state index contributed by atoms with van der Waals surface area (Å²) in [4.78, 5) is 11.4. The quantitative estimate of drug-likeness (QED) is 0.295. The summed E-state index contributed by atoms with van der Waals surface area (Å²) in [5.74, 6) is 0.736. The second kappa shape index (κ2) is 12.2. The Morgan fingerprint density at radius 3 is 2.19 bits per heavy atom. The molecular weight excluding hydrogens is 418 g/mol. The fourth-order valence-electron chi connectivity index (χ4n) is 3.79. The van der Waals surface area contributed by atoms with E-state index >= 15 is 0 Å². The third-order valence-electron chi connectivity index (χ3n) is 5.26. The molecule has 0 aliphatic heterocycles. The van der Waals surface area contributed by atoms with Crippen molar-refractivity contribution < 1.29 is 18.7 Å². The largest absolute Gasteiger partial charge is 0.492 e. The molecule has 6 heteroatoms. The first kappa shape index (κ1) is 26.1. The Morgan fingerprint density at radius 1 is 1.03 bits per heavy atom. The number of hydrogen-bond acceptors (Lipinski definition) is 5. The summed E-state index contributed by atoms with van der Waals surface area (Å²) in [5, 5.41) is 3.70. The Kier molecular flexibility index (Phi) is 9.94. The van der Waals surface area contributed by atoms with E-state index in [1.807, 2.05) is 24.3 Å². The van der Waals surface area contributed by atoms with Crippen LogP contribution in [0.25, 0.3) is 0 Å². The highest BCUT2D eigenvalue weighted by Gasteiger charge is 2.35. The van der Waals surface area contributed by atoms with E-state index < -0.39 is 9.04 Å². The van der Waals surface area contributed by atoms with Crippen molar-refractivity contribution in [2.24, 2.45) is 5.41 Å². The van der Waals surface area contributed by atoms with Crippen LogP contribution in [0.2, 0.25) is 13.1 Å². The molecule has 1 unspecified atom stereocenters. The molecule has 176 valence electrons. The minimum Gasteiger partial charge on any atom is -0.492 e. The van der Waals surface area contributed by atoms with Crippen LogP contribution in [0.15, 0.2) is 54.6 Å². The standard InChI is InChI=1S/C26H39NO4Si/c1-19(18-30-22-15-13-20(14-16-22)17-23(28)29-5)27-25(31-32(6)7)24(26(2,3)4)21-11-9-8-10-12-21/h8-16,19,24-25,27,32H,17-18H2,1-7H3/t19-,24-,25?/m1/s1. The fraction of sp³-hybridized carbons (Fsp3) is 0.500. The third-order valence-corrected chi connectivity index (χ3v) is 6.10. The van der Waals surface area contributed by atoms with Gasteiger partial charge in [-0.25, -0.2) is 0 Å². The highest BCUT2D eigenvalue weighted by molar-refractivity contribution is 6.48. The molecule has 1 N–H and O–H groups in total. The Morgan fingerprint density at radius 2 is 1.66 bits per heavy atom. The van der Waals surface area contributed by atoms with Crippen LogP contribution in [-0.2, 0) is 20.4 Å². The molecule has 32 heavy (non-hydrogen) atoms. The molecule has 0 aliphatic carbocycles. The number of carbonyl (C=O) groups is 1. The van der Waals surface area contributed by atoms with Gasteiger partial charge in [-0.1, -0.05) is 63.2 Å². The zero-order valence-corrected chi connectivity index (χ0v) is 21.7. The van der Waals surface area contributed by atoms with Gasteiger partial charge in [-0.2, -0.15) is 0 Å². The number of rotatable bonds is 11. The number of methoxy groups -OCH3 is 1. The first-order valence-electron chi connectivity index (χ1n) is 11.3. The molecule has 0 fully saturated rings. The lowest BCUT2D eigenvalue weighted by molar-refractivity contribution is -0.139. The lowest BCUT2D eigenvalue weighted by Crippen LogP contribution is -2.49. The van der Waals surface area contributed by atoms with Crippen LogP contribution < -0.4 is 10.1 Å². The molecular formula is C26H39NO4Si. The first-order valence-corrected chi connectivity index (χ1v) is 14.1. The van der Waals surface area contributed by atoms with Crippen LogP contribution >= 0.6 is 0 Å². The van der Waals surface area contributed by atoms with Gasteiger partial charge in [0.1, 0.15) is 18.6 Å². The first-order chi connectivity index (χ1) is 15.1. The van der Waals surface area contributed by atoms with Crippen molar-refractivity contribution in [2.75, 3.05) is 13.7 Å². The molecule has 0 bridgehead atoms. The minimum absolute atomic E-state index is 0.0261. The van der Waals surface area contributed by atoms with Crippen LogP contribution in [0.3, 0.4) is 0 Å². The van der Waals surface area contributed by atoms with Gasteiger partial charge in [0.05, 0.1) is 13.5 Å². The summed E-state index contributed by atoms with van der Waals surface area (Å²) in [6, 6.07) is 18.3. The van der Waals surface area contributed by atoms with Crippen LogP contribution in [0, 0.1) is 5.41 Å². The van der Waals surface area contributed by atoms with Gasteiger partial charge in [0.25, 0.3) is 0 Å². The van der Waals surface area contributed by atoms with Gasteiger partial charge in [-0.05, 0) is 48.7 Å². The van der Waals surface area contributed by atoms with Gasteiger partial charge in [0.15, 0.2) is 9.04 Å². The monoisotopic (exact) mass is 457 g/mol. The Labute approximate surface area is 195 Å². The van der Waals surface area contributed by atoms with Crippen molar-refractivity contribution in [3.63, 3.8) is 0 Å². The highest BCUT2D eigenvalue weighted by Crippen LogP contribution is 2.38. The number of benzene rings is 2. The molecule has 0 saturated carbocycles. The Balaban J connectivity index is 2.05. The summed E-state index contributed by atoms with van der Waals surface area (Å²) < 4.78 is 17.2. The van der Waals surface area contributed by atoms with Gasteiger partial charge in [-0.15, -0.1) is 0 Å². The number of nitrogens with one attached hydrogen (secondary N) is 1. The summed E-state index contributed by atoms with van der Waals surface area (Å²) in [5.41, 5.74) is 2.21. The maximum absolute atomic E-state index is 11.4. The van der Waals surface area contributed by atoms with Crippen molar-refractivity contribution in [1.82, 2.24) is 5.32 Å². The zero-order valence-electron chi connectivity index (χ0n) is 20.6. The molecule has 0 radical (unpaired) electrons. The molecule has 0 saturated heterocycles. The molecule has 2 aromatic carbocycles. The van der Waals surface area contributed by atoms with Crippen molar-refractivity contribution in [2.45, 2.75) is 65.4 Å². The number of carbonyl (C=O) groups excluding carboxylic acids is 1. The normalized spacial score (nSPS) is 14.6. The van der Waals surface area contributed by atoms with Gasteiger partial charge >= 0.3 is 5.97 Å². The third kappa shape index (κ3) is 8.41. The Hall–Kier alpha value is -2.15. The molecule has 0 heterocycles. The SMILES string of the molecule is COC(=O)Cc1ccc(OC[C@@H](C)NC(O[SiH](C)C)[C@@H](c2ccccc2)C(C)(C)C)cc1. The molecule has 0 amide bonds. The second-order valence-corrected chi connectivity index (χ2v) is 12.0. The predicted octanol–water partition coefficient (Wildman–Crippen LogP) is 4.92. The number of ether oxygens (including phenoxy) is 2. The van der Waals surface area contributed by atoms with E-state index in [9.17, 15) is 4.79 Å². The lowest BCUT2D eigenvalue weighted by Gasteiger charge is -2.40. The Bertz CT molecular complexity index is 818. The van der Waals surface area contributed by atoms with E-state index in [2.05, 4.69) is 76.4 Å². The molecule has 2 aromatic rings. The molecule has 0 aliphatic rings. The van der Waals surface area contributed by atoms with E-state index in [4.69, 9.17) is 13.9 Å². The van der Waals surface area contributed by atoms with Crippen molar-refractivity contribution in [3.8, 4) is 5.75 Å². The maximum Gasteiger partial charge on any atom is 0.309 e. The maximum atomic E-state index is 11.4. The van der Waals surface area contributed by atoms with Crippen molar-refractivity contribution >= 4 is 15.0 Å². The van der Waals surface area contributed by atoms with Crippen molar-refractivity contribution in [3.05, 3.63) is 65.7 Å². The van der Waals surface area contributed by atoms with Crippen LogP contribution in [0.1, 0.15) is 44.7 Å². The van der Waals surface area contributed by atoms with E-state index in [0.717, 1.165) is 11.3 Å². The zero-order chi connectivity index (χ0) is 23.7. The minimum atomic E-state index is -1.28. The van der Waals surface area contributed by atoms with Crippen LogP contribution in [-0.4, -0.2) is 41.0 Å². The van der Waals surface area contributed by atoms with E-state index in [1.165, 1.54) is 12.7 Å². The van der Waals surface area contributed by atoms with Gasteiger partial charge in [0, 0.05) is 12.0 Å². The molecule has 3 atom stereocenters. The predicted molar refractivity (Wildman–Crippen MR) is 133 cm³/mol. The highest BCUT2D eigenvalue weighted by atomic mass is 28.3. The van der Waals surface area contributed by atoms with E-state index in [0.29, 0.717) is 6.61 Å². The van der Waals surface area contributed by atoms with Gasteiger partial charge < -0.3 is 13.9 Å². The topological polar surface area (TPSA) is 56.8 Å². The summed E-state index contributed by atoms with van der Waals surface area (Å²) in [6.45, 7) is 13.8. The van der Waals surface area contributed by atoms with Gasteiger partial charge in [0.2, 0.25) is 0 Å². The lowest BCUT2D eigenvalue weighted by atomic mass is 9.75. The summed E-state index contributed by atoms with van der Waals surface area (Å²) in [7, 11) is 0.118. The molecule has 5 nitrogen and oxygen atoms in total. The van der Waals surface area contributed by atoms with Crippen LogP contribution in [0.5, 0.6) is 5.75 Å². The number of hydrogen-bond donors (Lipinski definition) is 1. The van der Waals surface area contributed by atoms with Gasteiger partial charge in [-0.3, -0.25) is 10.1 Å².